The molecule has 0 saturated heterocycles. The lowest BCUT2D eigenvalue weighted by molar-refractivity contribution is -0.129. The molecule has 0 heterocycles. The molecule has 234 valence electrons. The molecule has 0 aliphatic carbocycles. The molecular formula is C18H32Cl4N6O8S4. The molecule has 4 unspecified atom stereocenters. The van der Waals surface area contributed by atoms with Crippen LogP contribution in [0.3, 0.4) is 0 Å². The van der Waals surface area contributed by atoms with E-state index in [9.17, 15) is 36.0 Å². The quantitative estimate of drug-likeness (QED) is 0.0433. The number of nitrogens with zero attached hydrogens (tertiary/aromatic N) is 2. The van der Waals surface area contributed by atoms with Gasteiger partial charge in [0.25, 0.3) is 11.8 Å². The highest BCUT2D eigenvalue weighted by Crippen LogP contribution is 2.38. The van der Waals surface area contributed by atoms with Gasteiger partial charge in [-0.1, -0.05) is 21.6 Å². The van der Waals surface area contributed by atoms with Crippen LogP contribution in [0.4, 0.5) is 0 Å². The molecule has 0 aliphatic rings. The molecule has 0 saturated carbocycles. The van der Waals surface area contributed by atoms with Crippen molar-refractivity contribution in [2.45, 2.75) is 21.2 Å². The molecule has 40 heavy (non-hydrogen) atoms. The van der Waals surface area contributed by atoms with Crippen LogP contribution in [0.1, 0.15) is 0 Å². The molecule has 4 amide bonds. The summed E-state index contributed by atoms with van der Waals surface area (Å²) in [5.74, 6) is -1.50. The fourth-order valence-electron chi connectivity index (χ4n) is 2.87. The highest BCUT2D eigenvalue weighted by molar-refractivity contribution is 8.79. The first kappa shape index (κ1) is 39.6. The molecule has 0 fully saturated rings. The summed E-state index contributed by atoms with van der Waals surface area (Å²) in [6, 6.07) is -3.40. The number of carbonyl (C=O) groups is 4. The number of amides is 4. The van der Waals surface area contributed by atoms with Gasteiger partial charge in [0.2, 0.25) is 12.8 Å². The molecule has 4 N–H and O–H groups in total. The number of hydrogen-bond acceptors (Lipinski definition) is 12. The molecule has 0 aliphatic heterocycles. The van der Waals surface area contributed by atoms with E-state index in [-0.39, 0.29) is 62.5 Å². The Bertz CT molecular complexity index is 938. The molecule has 0 radical (unpaired) electrons. The summed E-state index contributed by atoms with van der Waals surface area (Å²) in [7, 11) is -7.50. The molecule has 0 aromatic rings. The third-order valence-corrected chi connectivity index (χ3v) is 13.6. The summed E-state index contributed by atoms with van der Waals surface area (Å²) < 4.78 is 47.4. The SMILES string of the molecule is CS(=O)(=O)C(SSC(C(NC=O)C(=O)NN(CCCl)CCCl)S(C)(=O)=O)C(NC=O)C(=O)NN(CCCl)CCCl. The Labute approximate surface area is 261 Å². The molecule has 0 aromatic carbocycles. The second-order valence-electron chi connectivity index (χ2n) is 7.79. The van der Waals surface area contributed by atoms with Crippen molar-refractivity contribution in [2.24, 2.45) is 0 Å². The maximum Gasteiger partial charge on any atom is 0.259 e. The van der Waals surface area contributed by atoms with Gasteiger partial charge in [-0.05, 0) is 0 Å². The third kappa shape index (κ3) is 14.6. The van der Waals surface area contributed by atoms with E-state index in [4.69, 9.17) is 46.4 Å². The van der Waals surface area contributed by atoms with Crippen LogP contribution in [-0.4, -0.2) is 135 Å². The van der Waals surface area contributed by atoms with Gasteiger partial charge in [0.1, 0.15) is 21.2 Å². The van der Waals surface area contributed by atoms with Crippen LogP contribution >= 0.6 is 68.0 Å². The Morgan fingerprint density at radius 2 is 0.950 bits per heavy atom. The van der Waals surface area contributed by atoms with Crippen LogP contribution in [-0.2, 0) is 38.9 Å². The second-order valence-corrected chi connectivity index (χ2v) is 16.8. The topological polar surface area (TPSA) is 191 Å². The average Bonchev–Trinajstić information content (AvgIpc) is 2.83. The van der Waals surface area contributed by atoms with Gasteiger partial charge in [-0.3, -0.25) is 30.0 Å². The number of carbonyl (C=O) groups excluding carboxylic acids is 4. The van der Waals surface area contributed by atoms with Gasteiger partial charge in [0.15, 0.2) is 19.7 Å². The van der Waals surface area contributed by atoms with E-state index in [1.54, 1.807) is 0 Å². The molecule has 4 atom stereocenters. The third-order valence-electron chi connectivity index (χ3n) is 4.65. The highest BCUT2D eigenvalue weighted by Gasteiger charge is 2.42. The van der Waals surface area contributed by atoms with Crippen LogP contribution in [0.5, 0.6) is 0 Å². The zero-order valence-corrected chi connectivity index (χ0v) is 27.7. The predicted octanol–water partition coefficient (Wildman–Crippen LogP) is -1.04. The normalized spacial score (nSPS) is 15.1. The Morgan fingerprint density at radius 1 is 0.675 bits per heavy atom. The maximum absolute atomic E-state index is 13.0. The minimum atomic E-state index is -4.16. The Morgan fingerprint density at radius 3 is 1.15 bits per heavy atom. The van der Waals surface area contributed by atoms with Crippen LogP contribution in [0.15, 0.2) is 0 Å². The van der Waals surface area contributed by atoms with Gasteiger partial charge in [-0.15, -0.1) is 46.4 Å². The molecule has 0 rings (SSSR count). The van der Waals surface area contributed by atoms with E-state index in [1.165, 1.54) is 10.0 Å². The van der Waals surface area contributed by atoms with Gasteiger partial charge in [-0.25, -0.2) is 26.9 Å². The van der Waals surface area contributed by atoms with E-state index >= 15 is 0 Å². The van der Waals surface area contributed by atoms with Crippen LogP contribution in [0.25, 0.3) is 0 Å². The van der Waals surface area contributed by atoms with Gasteiger partial charge < -0.3 is 10.6 Å². The summed E-state index contributed by atoms with van der Waals surface area (Å²) in [5.41, 5.74) is 4.86. The number of hydrazine groups is 2. The number of sulfone groups is 2. The molecular weight excluding hydrogens is 698 g/mol. The molecule has 22 heteroatoms. The first-order valence-electron chi connectivity index (χ1n) is 11.2. The minimum absolute atomic E-state index is 0.0967. The van der Waals surface area contributed by atoms with Crippen molar-refractivity contribution in [3.05, 3.63) is 0 Å². The van der Waals surface area contributed by atoms with E-state index in [0.29, 0.717) is 21.6 Å². The summed E-state index contributed by atoms with van der Waals surface area (Å²) in [4.78, 5) is 48.6. The lowest BCUT2D eigenvalue weighted by Gasteiger charge is -2.30. The lowest BCUT2D eigenvalue weighted by Crippen LogP contribution is -2.57. The first-order valence-corrected chi connectivity index (χ1v) is 19.5. The first-order chi connectivity index (χ1) is 18.7. The molecule has 0 bridgehead atoms. The largest absolute Gasteiger partial charge is 0.345 e. The van der Waals surface area contributed by atoms with Crippen molar-refractivity contribution in [1.29, 1.82) is 0 Å². The van der Waals surface area contributed by atoms with Crippen LogP contribution in [0, 0.1) is 0 Å². The Balaban J connectivity index is 6.24. The van der Waals surface area contributed by atoms with Crippen molar-refractivity contribution in [1.82, 2.24) is 31.5 Å². The fourth-order valence-corrected chi connectivity index (χ4v) is 11.8. The molecule has 0 aromatic heterocycles. The van der Waals surface area contributed by atoms with Crippen LogP contribution in [0.2, 0.25) is 0 Å². The fraction of sp³-hybridized carbons (Fsp3) is 0.778. The molecule has 0 spiro atoms. The van der Waals surface area contributed by atoms with E-state index in [1.807, 2.05) is 0 Å². The zero-order valence-electron chi connectivity index (χ0n) is 21.4. The second kappa shape index (κ2) is 20.5. The minimum Gasteiger partial charge on any atom is -0.345 e. The monoisotopic (exact) mass is 728 g/mol. The molecule has 14 nitrogen and oxygen atoms in total. The van der Waals surface area contributed by atoms with Gasteiger partial charge in [-0.2, -0.15) is 0 Å². The van der Waals surface area contributed by atoms with E-state index < -0.39 is 52.7 Å². The highest BCUT2D eigenvalue weighted by atomic mass is 35.5. The Kier molecular flexibility index (Phi) is 20.2. The maximum atomic E-state index is 13.0. The van der Waals surface area contributed by atoms with Crippen molar-refractivity contribution in [2.75, 3.05) is 62.2 Å². The standard InChI is InChI=1S/C18H32Cl4N6O8S4/c1-39(33,34)17(13(23-11-29)15(31)25-27(7-3-19)8-4-20)37-38-18(40(2,35)36)14(24-12-30)16(32)26-28(9-5-21)10-6-22/h11-14,17-18H,3-10H2,1-2H3,(H,23,29)(H,24,30)(H,25,31)(H,26,32). The number of nitrogens with one attached hydrogen (secondary N) is 4. The summed E-state index contributed by atoms with van der Waals surface area (Å²) in [6.07, 6.45) is 1.79. The van der Waals surface area contributed by atoms with E-state index in [0.717, 1.165) is 12.5 Å². The van der Waals surface area contributed by atoms with Gasteiger partial charge in [0.05, 0.1) is 0 Å². The average molecular weight is 731 g/mol. The van der Waals surface area contributed by atoms with Crippen molar-refractivity contribution >= 4 is 112 Å². The summed E-state index contributed by atoms with van der Waals surface area (Å²) >= 11 is 22.9. The summed E-state index contributed by atoms with van der Waals surface area (Å²) in [6.45, 7) is 0.587. The predicted molar refractivity (Wildman–Crippen MR) is 161 cm³/mol. The smallest absolute Gasteiger partial charge is 0.259 e. The number of alkyl halides is 4. The number of rotatable bonds is 23. The van der Waals surface area contributed by atoms with Gasteiger partial charge >= 0.3 is 0 Å². The van der Waals surface area contributed by atoms with Crippen molar-refractivity contribution in [3.63, 3.8) is 0 Å². The van der Waals surface area contributed by atoms with Crippen molar-refractivity contribution < 1.29 is 36.0 Å². The number of hydrogen-bond donors (Lipinski definition) is 4. The van der Waals surface area contributed by atoms with Gasteiger partial charge in [0, 0.05) is 62.2 Å². The van der Waals surface area contributed by atoms with Crippen molar-refractivity contribution in [3.8, 4) is 0 Å². The zero-order chi connectivity index (χ0) is 30.9. The van der Waals surface area contributed by atoms with E-state index in [2.05, 4.69) is 21.5 Å². The van der Waals surface area contributed by atoms with Crippen LogP contribution < -0.4 is 21.5 Å². The lowest BCUT2D eigenvalue weighted by atomic mass is 10.3. The Hall–Kier alpha value is -0.440. The summed E-state index contributed by atoms with van der Waals surface area (Å²) in [5, 5.41) is 6.92. The number of halogens is 4.